The molecule has 0 saturated carbocycles. The molecule has 1 heterocycles. The van der Waals surface area contributed by atoms with Crippen LogP contribution in [-0.4, -0.2) is 35.8 Å². The molecule has 0 aromatic rings. The lowest BCUT2D eigenvalue weighted by Crippen LogP contribution is -2.40. The Hall–Kier alpha value is -1.06. The third-order valence-corrected chi connectivity index (χ3v) is 2.23. The van der Waals surface area contributed by atoms with Crippen LogP contribution in [0, 0.1) is 0 Å². The third-order valence-electron chi connectivity index (χ3n) is 2.23. The Morgan fingerprint density at radius 2 is 2.23 bits per heavy atom. The van der Waals surface area contributed by atoms with Crippen molar-refractivity contribution in [1.29, 1.82) is 0 Å². The quantitative estimate of drug-likeness (QED) is 0.663. The second-order valence-electron chi connectivity index (χ2n) is 3.42. The summed E-state index contributed by atoms with van der Waals surface area (Å²) in [5, 5.41) is 2.58. The minimum Gasteiger partial charge on any atom is -0.347 e. The van der Waals surface area contributed by atoms with E-state index in [0.29, 0.717) is 6.42 Å². The van der Waals surface area contributed by atoms with E-state index < -0.39 is 0 Å². The van der Waals surface area contributed by atoms with Crippen LogP contribution < -0.4 is 5.32 Å². The molecule has 74 valence electrons. The van der Waals surface area contributed by atoms with Crippen LogP contribution in [0.3, 0.4) is 0 Å². The lowest BCUT2D eigenvalue weighted by Gasteiger charge is -2.25. The predicted molar refractivity (Wildman–Crippen MR) is 49.1 cm³/mol. The summed E-state index contributed by atoms with van der Waals surface area (Å²) < 4.78 is 0. The number of carbonyl (C=O) groups excluding carboxylic acids is 2. The van der Waals surface area contributed by atoms with Crippen molar-refractivity contribution in [3.05, 3.63) is 0 Å². The first-order chi connectivity index (χ1) is 6.15. The fraction of sp³-hybridized carbons (Fsp3) is 0.778. The molecule has 1 N–H and O–H groups in total. The smallest absolute Gasteiger partial charge is 0.242 e. The van der Waals surface area contributed by atoms with E-state index in [9.17, 15) is 9.59 Å². The highest BCUT2D eigenvalue weighted by molar-refractivity contribution is 5.87. The van der Waals surface area contributed by atoms with Crippen LogP contribution >= 0.6 is 0 Å². The van der Waals surface area contributed by atoms with Crippen molar-refractivity contribution in [3.8, 4) is 0 Å². The van der Waals surface area contributed by atoms with Gasteiger partial charge in [0.05, 0.1) is 6.54 Å². The molecule has 0 bridgehead atoms. The molecule has 0 spiro atoms. The Bertz CT molecular complexity index is 216. The Morgan fingerprint density at radius 3 is 2.85 bits per heavy atom. The van der Waals surface area contributed by atoms with E-state index in [4.69, 9.17) is 0 Å². The summed E-state index contributed by atoms with van der Waals surface area (Å²) >= 11 is 0. The summed E-state index contributed by atoms with van der Waals surface area (Å²) in [6, 6.07) is 0.0370. The van der Waals surface area contributed by atoms with Gasteiger partial charge in [0.1, 0.15) is 0 Å². The van der Waals surface area contributed by atoms with E-state index in [1.54, 1.807) is 4.90 Å². The van der Waals surface area contributed by atoms with E-state index >= 15 is 0 Å². The van der Waals surface area contributed by atoms with Crippen LogP contribution in [0.1, 0.15) is 26.7 Å². The van der Waals surface area contributed by atoms with Crippen LogP contribution in [0.15, 0.2) is 0 Å². The number of amides is 2. The monoisotopic (exact) mass is 184 g/mol. The molecule has 13 heavy (non-hydrogen) atoms. The second kappa shape index (κ2) is 4.25. The molecule has 0 aromatic heterocycles. The van der Waals surface area contributed by atoms with E-state index in [-0.39, 0.29) is 24.4 Å². The Labute approximate surface area is 78.3 Å². The van der Waals surface area contributed by atoms with Crippen LogP contribution in [0.2, 0.25) is 0 Å². The predicted octanol–water partition coefficient (Wildman–Crippen LogP) is 0.133. The number of nitrogens with one attached hydrogen (secondary N) is 1. The largest absolute Gasteiger partial charge is 0.347 e. The highest BCUT2D eigenvalue weighted by Gasteiger charge is 2.25. The molecule has 1 rings (SSSR count). The van der Waals surface area contributed by atoms with Gasteiger partial charge in [-0.3, -0.25) is 9.59 Å². The van der Waals surface area contributed by atoms with Crippen LogP contribution in [-0.2, 0) is 9.59 Å². The Kier molecular flexibility index (Phi) is 3.28. The maximum atomic E-state index is 11.5. The third kappa shape index (κ3) is 2.44. The van der Waals surface area contributed by atoms with Gasteiger partial charge < -0.3 is 10.2 Å². The van der Waals surface area contributed by atoms with E-state index in [0.717, 1.165) is 13.0 Å². The van der Waals surface area contributed by atoms with Crippen molar-refractivity contribution in [2.24, 2.45) is 0 Å². The number of hydrogen-bond donors (Lipinski definition) is 1. The van der Waals surface area contributed by atoms with Gasteiger partial charge in [0.15, 0.2) is 0 Å². The standard InChI is InChI=1S/C9H16N2O2/c1-3-4-11-7(2)5-8(12)10-6-9(11)13/h7H,3-6H2,1-2H3,(H,10,12). The summed E-state index contributed by atoms with van der Waals surface area (Å²) in [4.78, 5) is 24.3. The lowest BCUT2D eigenvalue weighted by molar-refractivity contribution is -0.131. The SMILES string of the molecule is CCCN1C(=O)CNC(=O)CC1C. The lowest BCUT2D eigenvalue weighted by atomic mass is 10.2. The first kappa shape index (κ1) is 10.0. The molecule has 1 saturated heterocycles. The van der Waals surface area contributed by atoms with Crippen molar-refractivity contribution in [3.63, 3.8) is 0 Å². The summed E-state index contributed by atoms with van der Waals surface area (Å²) in [7, 11) is 0. The van der Waals surface area contributed by atoms with Gasteiger partial charge in [0.25, 0.3) is 0 Å². The molecule has 2 amide bonds. The van der Waals surface area contributed by atoms with Gasteiger partial charge in [-0.2, -0.15) is 0 Å². The van der Waals surface area contributed by atoms with Crippen LogP contribution in [0.5, 0.6) is 0 Å². The zero-order valence-corrected chi connectivity index (χ0v) is 8.17. The highest BCUT2D eigenvalue weighted by atomic mass is 16.2. The van der Waals surface area contributed by atoms with Gasteiger partial charge in [-0.1, -0.05) is 6.92 Å². The number of nitrogens with zero attached hydrogens (tertiary/aromatic N) is 1. The number of rotatable bonds is 2. The van der Waals surface area contributed by atoms with Gasteiger partial charge in [-0.15, -0.1) is 0 Å². The number of carbonyl (C=O) groups is 2. The van der Waals surface area contributed by atoms with Crippen molar-refractivity contribution >= 4 is 11.8 Å². The van der Waals surface area contributed by atoms with Gasteiger partial charge in [-0.25, -0.2) is 0 Å². The number of hydrogen-bond acceptors (Lipinski definition) is 2. The fourth-order valence-electron chi connectivity index (χ4n) is 1.56. The van der Waals surface area contributed by atoms with Crippen LogP contribution in [0.4, 0.5) is 0 Å². The molecule has 0 aromatic carbocycles. The summed E-state index contributed by atoms with van der Waals surface area (Å²) in [6.07, 6.45) is 1.36. The highest BCUT2D eigenvalue weighted by Crippen LogP contribution is 2.08. The minimum atomic E-state index is -0.0283. The molecule has 4 heteroatoms. The molecule has 1 atom stereocenters. The fourth-order valence-corrected chi connectivity index (χ4v) is 1.56. The second-order valence-corrected chi connectivity index (χ2v) is 3.42. The molecular weight excluding hydrogens is 168 g/mol. The van der Waals surface area contributed by atoms with E-state index in [2.05, 4.69) is 5.32 Å². The molecular formula is C9H16N2O2. The summed E-state index contributed by atoms with van der Waals surface area (Å²) in [6.45, 7) is 4.84. The van der Waals surface area contributed by atoms with E-state index in [1.165, 1.54) is 0 Å². The minimum absolute atomic E-state index is 0.0280. The topological polar surface area (TPSA) is 49.4 Å². The molecule has 1 aliphatic heterocycles. The Balaban J connectivity index is 2.66. The molecule has 1 aliphatic rings. The van der Waals surface area contributed by atoms with Crippen molar-refractivity contribution in [2.45, 2.75) is 32.7 Å². The van der Waals surface area contributed by atoms with E-state index in [1.807, 2.05) is 13.8 Å². The molecule has 0 aliphatic carbocycles. The van der Waals surface area contributed by atoms with Gasteiger partial charge in [0.2, 0.25) is 11.8 Å². The van der Waals surface area contributed by atoms with Gasteiger partial charge in [0, 0.05) is 19.0 Å². The Morgan fingerprint density at radius 1 is 1.54 bits per heavy atom. The summed E-state index contributed by atoms with van der Waals surface area (Å²) in [5.41, 5.74) is 0. The van der Waals surface area contributed by atoms with Gasteiger partial charge >= 0.3 is 0 Å². The maximum absolute atomic E-state index is 11.5. The zero-order chi connectivity index (χ0) is 9.84. The van der Waals surface area contributed by atoms with Crippen LogP contribution in [0.25, 0.3) is 0 Å². The van der Waals surface area contributed by atoms with Gasteiger partial charge in [-0.05, 0) is 13.3 Å². The maximum Gasteiger partial charge on any atom is 0.242 e. The average molecular weight is 184 g/mol. The summed E-state index contributed by atoms with van der Waals surface area (Å²) in [5.74, 6) is -0.000321. The molecule has 1 fully saturated rings. The first-order valence-corrected chi connectivity index (χ1v) is 4.71. The zero-order valence-electron chi connectivity index (χ0n) is 8.17. The van der Waals surface area contributed by atoms with Crippen molar-refractivity contribution in [2.75, 3.05) is 13.1 Å². The van der Waals surface area contributed by atoms with Crippen molar-refractivity contribution < 1.29 is 9.59 Å². The average Bonchev–Trinajstić information content (AvgIpc) is 2.19. The van der Waals surface area contributed by atoms with Crippen molar-refractivity contribution in [1.82, 2.24) is 10.2 Å². The molecule has 1 unspecified atom stereocenters. The first-order valence-electron chi connectivity index (χ1n) is 4.71. The molecule has 4 nitrogen and oxygen atoms in total. The normalized spacial score (nSPS) is 24.2. The molecule has 0 radical (unpaired) electrons.